The summed E-state index contributed by atoms with van der Waals surface area (Å²) >= 11 is 0. The van der Waals surface area contributed by atoms with Gasteiger partial charge in [-0.25, -0.2) is 0 Å². The fraction of sp³-hybridized carbons (Fsp3) is 0.346. The van der Waals surface area contributed by atoms with Gasteiger partial charge in [0.15, 0.2) is 0 Å². The summed E-state index contributed by atoms with van der Waals surface area (Å²) < 4.78 is 40.4. The van der Waals surface area contributed by atoms with Crippen molar-refractivity contribution in [2.24, 2.45) is 35.5 Å². The smallest absolute Gasteiger partial charge is 0.289 e. The van der Waals surface area contributed by atoms with Gasteiger partial charge in [-0.3, -0.25) is 34.3 Å². The molecule has 4 aliphatic carbocycles. The van der Waals surface area contributed by atoms with E-state index in [1.165, 1.54) is 24.3 Å². The van der Waals surface area contributed by atoms with Crippen LogP contribution < -0.4 is 4.90 Å². The van der Waals surface area contributed by atoms with E-state index < -0.39 is 58.6 Å². The van der Waals surface area contributed by atoms with Crippen LogP contribution in [0.1, 0.15) is 22.3 Å². The van der Waals surface area contributed by atoms with E-state index in [1.807, 2.05) is 12.2 Å². The van der Waals surface area contributed by atoms with Crippen molar-refractivity contribution in [3.05, 3.63) is 81.9 Å². The van der Waals surface area contributed by atoms with Gasteiger partial charge in [0.1, 0.15) is 12.2 Å². The van der Waals surface area contributed by atoms with Gasteiger partial charge in [-0.15, -0.1) is 0 Å². The van der Waals surface area contributed by atoms with Crippen LogP contribution in [-0.2, 0) is 15.8 Å². The van der Waals surface area contributed by atoms with Gasteiger partial charge in [-0.1, -0.05) is 30.4 Å². The molecule has 0 spiro atoms. The minimum Gasteiger partial charge on any atom is -0.289 e. The summed E-state index contributed by atoms with van der Waals surface area (Å²) in [5, 5.41) is 11.6. The van der Waals surface area contributed by atoms with Crippen molar-refractivity contribution in [3.8, 4) is 0 Å². The van der Waals surface area contributed by atoms with Crippen LogP contribution in [0.25, 0.3) is 0 Å². The van der Waals surface area contributed by atoms with Gasteiger partial charge in [0.25, 0.3) is 11.6 Å². The quantitative estimate of drug-likeness (QED) is 0.258. The molecule has 6 unspecified atom stereocenters. The van der Waals surface area contributed by atoms with Crippen LogP contribution in [-0.4, -0.2) is 34.2 Å². The van der Waals surface area contributed by atoms with Crippen LogP contribution in [0.15, 0.2) is 60.7 Å². The van der Waals surface area contributed by atoms with Crippen molar-refractivity contribution in [1.82, 2.24) is 4.90 Å². The normalized spacial score (nSPS) is 29.2. The predicted molar refractivity (Wildman–Crippen MR) is 123 cm³/mol. The number of para-hydroxylation sites is 1. The monoisotopic (exact) mass is 511 g/mol. The fourth-order valence-electron chi connectivity index (χ4n) is 6.37. The number of allylic oxidation sites excluding steroid dienone is 2. The molecule has 2 saturated carbocycles. The van der Waals surface area contributed by atoms with Crippen molar-refractivity contribution < 1.29 is 32.5 Å². The Bertz CT molecular complexity index is 1350. The molecule has 1 saturated heterocycles. The lowest BCUT2D eigenvalue weighted by Gasteiger charge is -2.37. The van der Waals surface area contributed by atoms with Crippen LogP contribution in [0.2, 0.25) is 0 Å². The highest BCUT2D eigenvalue weighted by Crippen LogP contribution is 2.65. The summed E-state index contributed by atoms with van der Waals surface area (Å²) in [7, 11) is 0. The number of nitro groups is 1. The number of rotatable bonds is 5. The molecule has 2 aromatic rings. The third-order valence-electron chi connectivity index (χ3n) is 8.10. The maximum absolute atomic E-state index is 13.6. The topological polar surface area (TPSA) is 101 Å². The lowest BCUT2D eigenvalue weighted by atomic mass is 9.63. The molecule has 0 N–H and O–H groups in total. The number of carbonyl (C=O) groups is 3. The van der Waals surface area contributed by atoms with Gasteiger partial charge in [0.05, 0.1) is 22.3 Å². The van der Waals surface area contributed by atoms with E-state index in [9.17, 15) is 37.7 Å². The number of nitro benzene ring substituents is 1. The molecule has 1 aliphatic heterocycles. The van der Waals surface area contributed by atoms with E-state index in [0.717, 1.165) is 40.5 Å². The molecule has 1 heterocycles. The first kappa shape index (κ1) is 23.4. The SMILES string of the molecule is O=C1C2C3C=CC(C4CC34)C2C(=O)N1CN(C(=O)c1ccccc1[N+](=O)[O-])c1cccc(C(F)(F)F)c1. The number of anilines is 1. The molecule has 3 fully saturated rings. The Hall–Kier alpha value is -4.02. The number of benzene rings is 2. The Morgan fingerprint density at radius 3 is 2.22 bits per heavy atom. The number of imide groups is 1. The summed E-state index contributed by atoms with van der Waals surface area (Å²) in [4.78, 5) is 53.1. The van der Waals surface area contributed by atoms with Crippen molar-refractivity contribution in [2.45, 2.75) is 12.6 Å². The van der Waals surface area contributed by atoms with Gasteiger partial charge in [-0.05, 0) is 54.4 Å². The molecule has 37 heavy (non-hydrogen) atoms. The number of hydrogen-bond acceptors (Lipinski definition) is 5. The van der Waals surface area contributed by atoms with E-state index in [2.05, 4.69) is 0 Å². The largest absolute Gasteiger partial charge is 0.416 e. The zero-order valence-electron chi connectivity index (χ0n) is 19.2. The molecule has 2 bridgehead atoms. The molecule has 5 aliphatic rings. The minimum absolute atomic E-state index is 0.0747. The summed E-state index contributed by atoms with van der Waals surface area (Å²) in [6.45, 7) is -0.647. The number of nitrogens with zero attached hydrogens (tertiary/aromatic N) is 3. The fourth-order valence-corrected chi connectivity index (χ4v) is 6.37. The van der Waals surface area contributed by atoms with Crippen molar-refractivity contribution in [2.75, 3.05) is 11.6 Å². The highest BCUT2D eigenvalue weighted by Gasteiger charge is 2.67. The predicted octanol–water partition coefficient (Wildman–Crippen LogP) is 4.27. The second-order valence-corrected chi connectivity index (χ2v) is 9.96. The molecule has 8 nitrogen and oxygen atoms in total. The van der Waals surface area contributed by atoms with Gasteiger partial charge >= 0.3 is 6.18 Å². The van der Waals surface area contributed by atoms with Crippen LogP contribution in [0, 0.1) is 45.6 Å². The molecule has 11 heteroatoms. The first-order valence-corrected chi connectivity index (χ1v) is 11.8. The Kier molecular flexibility index (Phi) is 5.05. The molecular formula is C26H20F3N3O5. The molecule has 0 aromatic heterocycles. The third kappa shape index (κ3) is 3.55. The van der Waals surface area contributed by atoms with Crippen molar-refractivity contribution >= 4 is 29.1 Å². The van der Waals surface area contributed by atoms with E-state index in [-0.39, 0.29) is 23.1 Å². The molecular weight excluding hydrogens is 491 g/mol. The standard InChI is InChI=1S/C26H20F3N3O5/c27-26(28,29)13-4-3-5-14(10-13)30(23(33)17-6-1-2-7-20(17)32(36)37)12-31-24(34)21-15-8-9-16(19-11-18(15)19)22(21)25(31)35/h1-10,15-16,18-19,21-22H,11-12H2. The lowest BCUT2D eigenvalue weighted by Crippen LogP contribution is -2.45. The zero-order chi connectivity index (χ0) is 26.2. The van der Waals surface area contributed by atoms with E-state index in [1.54, 1.807) is 0 Å². The van der Waals surface area contributed by atoms with Crippen molar-refractivity contribution in [1.29, 1.82) is 0 Å². The molecule has 190 valence electrons. The molecule has 7 rings (SSSR count). The van der Waals surface area contributed by atoms with Gasteiger partial charge in [0.2, 0.25) is 11.8 Å². The van der Waals surface area contributed by atoms with E-state index in [4.69, 9.17) is 0 Å². The number of likely N-dealkylation sites (tertiary alicyclic amines) is 1. The first-order chi connectivity index (χ1) is 17.6. The highest BCUT2D eigenvalue weighted by molar-refractivity contribution is 6.11. The lowest BCUT2D eigenvalue weighted by molar-refractivity contribution is -0.385. The number of carbonyl (C=O) groups excluding carboxylic acids is 3. The second-order valence-electron chi connectivity index (χ2n) is 9.96. The second kappa shape index (κ2) is 7.99. The molecule has 3 amide bonds. The summed E-state index contributed by atoms with van der Waals surface area (Å²) in [5.41, 5.74) is -2.19. The van der Waals surface area contributed by atoms with Gasteiger partial charge in [-0.2, -0.15) is 13.2 Å². The average Bonchev–Trinajstić information content (AvgIpc) is 3.66. The number of amides is 3. The Morgan fingerprint density at radius 2 is 1.62 bits per heavy atom. The molecule has 2 aromatic carbocycles. The first-order valence-electron chi connectivity index (χ1n) is 11.8. The van der Waals surface area contributed by atoms with Crippen LogP contribution in [0.4, 0.5) is 24.5 Å². The Balaban J connectivity index is 1.39. The van der Waals surface area contributed by atoms with Crippen LogP contribution >= 0.6 is 0 Å². The average molecular weight is 511 g/mol. The summed E-state index contributed by atoms with van der Waals surface area (Å²) in [5.74, 6) is -2.50. The maximum Gasteiger partial charge on any atom is 0.416 e. The Labute approximate surface area is 208 Å². The summed E-state index contributed by atoms with van der Waals surface area (Å²) in [6, 6.07) is 8.93. The van der Waals surface area contributed by atoms with Gasteiger partial charge < -0.3 is 0 Å². The molecule has 0 radical (unpaired) electrons. The highest BCUT2D eigenvalue weighted by atomic mass is 19.4. The summed E-state index contributed by atoms with van der Waals surface area (Å²) in [6.07, 6.45) is 0.210. The number of hydrogen-bond donors (Lipinski definition) is 0. The van der Waals surface area contributed by atoms with Crippen LogP contribution in [0.3, 0.4) is 0 Å². The Morgan fingerprint density at radius 1 is 1.00 bits per heavy atom. The minimum atomic E-state index is -4.72. The van der Waals surface area contributed by atoms with Crippen molar-refractivity contribution in [3.63, 3.8) is 0 Å². The maximum atomic E-state index is 13.6. The van der Waals surface area contributed by atoms with Gasteiger partial charge in [0, 0.05) is 11.8 Å². The number of alkyl halides is 3. The number of halogens is 3. The third-order valence-corrected chi connectivity index (χ3v) is 8.10. The van der Waals surface area contributed by atoms with Crippen LogP contribution in [0.5, 0.6) is 0 Å². The molecule has 6 atom stereocenters. The van der Waals surface area contributed by atoms with E-state index >= 15 is 0 Å². The van der Waals surface area contributed by atoms with E-state index in [0.29, 0.717) is 11.8 Å². The zero-order valence-corrected chi connectivity index (χ0v) is 19.2.